The third kappa shape index (κ3) is 5.50. The number of benzene rings is 1. The SMILES string of the molecule is CN=C(NCc1c(O)ccc2c1CCCC2)N1CCN(C(C)C(=O)N2CCCC2)CC1.I. The molecule has 2 saturated heterocycles. The van der Waals surface area contributed by atoms with Crippen LogP contribution in [0, 0.1) is 0 Å². The molecule has 1 atom stereocenters. The standard InChI is InChI=1S/C24H37N5O2.HI/c1-18(23(31)28-11-5-6-12-28)27-13-15-29(16-14-27)24(25-2)26-17-21-20-8-4-3-7-19(20)9-10-22(21)30;/h9-10,18,30H,3-8,11-17H2,1-2H3,(H,25,26);1H. The summed E-state index contributed by atoms with van der Waals surface area (Å²) >= 11 is 0. The number of likely N-dealkylation sites (tertiary alicyclic amines) is 1. The number of phenols is 1. The van der Waals surface area contributed by atoms with Crippen molar-refractivity contribution in [3.05, 3.63) is 28.8 Å². The largest absolute Gasteiger partial charge is 0.508 e. The van der Waals surface area contributed by atoms with Crippen LogP contribution < -0.4 is 5.32 Å². The van der Waals surface area contributed by atoms with Crippen LogP contribution in [0.4, 0.5) is 0 Å². The number of carbonyl (C=O) groups excluding carboxylic acids is 1. The maximum atomic E-state index is 12.7. The molecule has 8 heteroatoms. The normalized spacial score (nSPS) is 20.5. The van der Waals surface area contributed by atoms with Crippen LogP contribution in [0.2, 0.25) is 0 Å². The molecule has 2 aliphatic heterocycles. The Morgan fingerprint density at radius 1 is 1.03 bits per heavy atom. The summed E-state index contributed by atoms with van der Waals surface area (Å²) in [6, 6.07) is 3.86. The van der Waals surface area contributed by atoms with Gasteiger partial charge in [0, 0.05) is 58.4 Å². The van der Waals surface area contributed by atoms with Gasteiger partial charge in [0.15, 0.2) is 5.96 Å². The zero-order chi connectivity index (χ0) is 21.8. The number of piperazine rings is 1. The van der Waals surface area contributed by atoms with E-state index in [1.165, 1.54) is 24.0 Å². The minimum absolute atomic E-state index is 0. The number of halogens is 1. The summed E-state index contributed by atoms with van der Waals surface area (Å²) in [6.07, 6.45) is 6.83. The fraction of sp³-hybridized carbons (Fsp3) is 0.667. The molecular formula is C24H38IN5O2. The van der Waals surface area contributed by atoms with Gasteiger partial charge in [-0.05, 0) is 62.6 Å². The number of hydrogen-bond donors (Lipinski definition) is 2. The number of amides is 1. The van der Waals surface area contributed by atoms with Crippen molar-refractivity contribution >= 4 is 35.8 Å². The molecule has 4 rings (SSSR count). The van der Waals surface area contributed by atoms with E-state index in [0.29, 0.717) is 12.3 Å². The molecule has 7 nitrogen and oxygen atoms in total. The van der Waals surface area contributed by atoms with Crippen LogP contribution in [-0.2, 0) is 24.2 Å². The molecule has 1 amide bonds. The van der Waals surface area contributed by atoms with E-state index in [1.807, 2.05) is 24.9 Å². The van der Waals surface area contributed by atoms with Crippen LogP contribution in [0.25, 0.3) is 0 Å². The topological polar surface area (TPSA) is 71.4 Å². The summed E-state index contributed by atoms with van der Waals surface area (Å²) in [5.74, 6) is 1.52. The lowest BCUT2D eigenvalue weighted by Crippen LogP contribution is -2.57. The average molecular weight is 556 g/mol. The lowest BCUT2D eigenvalue weighted by atomic mass is 9.88. The van der Waals surface area contributed by atoms with Crippen molar-refractivity contribution in [3.8, 4) is 5.75 Å². The van der Waals surface area contributed by atoms with Gasteiger partial charge in [0.1, 0.15) is 5.75 Å². The summed E-state index contributed by atoms with van der Waals surface area (Å²) in [5, 5.41) is 13.9. The van der Waals surface area contributed by atoms with Gasteiger partial charge in [0.05, 0.1) is 6.04 Å². The fourth-order valence-corrected chi connectivity index (χ4v) is 5.27. The first-order valence-electron chi connectivity index (χ1n) is 11.9. The van der Waals surface area contributed by atoms with Gasteiger partial charge < -0.3 is 20.2 Å². The smallest absolute Gasteiger partial charge is 0.239 e. The highest BCUT2D eigenvalue weighted by Gasteiger charge is 2.30. The Morgan fingerprint density at radius 2 is 1.72 bits per heavy atom. The van der Waals surface area contributed by atoms with Gasteiger partial charge in [0.25, 0.3) is 0 Å². The van der Waals surface area contributed by atoms with E-state index >= 15 is 0 Å². The number of rotatable bonds is 4. The molecule has 2 N–H and O–H groups in total. The highest BCUT2D eigenvalue weighted by molar-refractivity contribution is 14.0. The molecule has 0 aromatic heterocycles. The first-order valence-corrected chi connectivity index (χ1v) is 11.9. The number of aryl methyl sites for hydroxylation is 1. The van der Waals surface area contributed by atoms with Crippen molar-refractivity contribution in [3.63, 3.8) is 0 Å². The molecule has 0 radical (unpaired) electrons. The molecule has 178 valence electrons. The van der Waals surface area contributed by atoms with Gasteiger partial charge in [-0.2, -0.15) is 0 Å². The Morgan fingerprint density at radius 3 is 2.41 bits per heavy atom. The number of carbonyl (C=O) groups is 1. The van der Waals surface area contributed by atoms with Gasteiger partial charge in [-0.25, -0.2) is 0 Å². The summed E-state index contributed by atoms with van der Waals surface area (Å²) < 4.78 is 0. The molecule has 2 heterocycles. The Bertz CT molecular complexity index is 817. The van der Waals surface area contributed by atoms with Crippen LogP contribution in [0.15, 0.2) is 17.1 Å². The Hall–Kier alpha value is -1.55. The second-order valence-electron chi connectivity index (χ2n) is 9.04. The fourth-order valence-electron chi connectivity index (χ4n) is 5.27. The number of aliphatic imine (C=N–C) groups is 1. The monoisotopic (exact) mass is 555 g/mol. The number of phenolic OH excluding ortho intramolecular Hbond substituents is 1. The lowest BCUT2D eigenvalue weighted by Gasteiger charge is -2.39. The van der Waals surface area contributed by atoms with Crippen molar-refractivity contribution in [2.24, 2.45) is 4.99 Å². The van der Waals surface area contributed by atoms with Crippen molar-refractivity contribution < 1.29 is 9.90 Å². The number of hydrogen-bond acceptors (Lipinski definition) is 4. The van der Waals surface area contributed by atoms with E-state index in [9.17, 15) is 9.90 Å². The minimum atomic E-state index is -0.0528. The molecule has 2 fully saturated rings. The first-order chi connectivity index (χ1) is 15.1. The lowest BCUT2D eigenvalue weighted by molar-refractivity contribution is -0.135. The number of guanidine groups is 1. The third-order valence-electron chi connectivity index (χ3n) is 7.20. The average Bonchev–Trinajstić information content (AvgIpc) is 3.35. The van der Waals surface area contributed by atoms with Crippen molar-refractivity contribution in [2.45, 2.75) is 58.0 Å². The van der Waals surface area contributed by atoms with E-state index in [-0.39, 0.29) is 35.9 Å². The number of aromatic hydroxyl groups is 1. The van der Waals surface area contributed by atoms with E-state index in [2.05, 4.69) is 26.2 Å². The summed E-state index contributed by atoms with van der Waals surface area (Å²) in [5.41, 5.74) is 3.70. The Kier molecular flexibility index (Phi) is 9.04. The number of nitrogens with one attached hydrogen (secondary N) is 1. The van der Waals surface area contributed by atoms with Gasteiger partial charge in [0.2, 0.25) is 5.91 Å². The molecule has 1 aromatic carbocycles. The first kappa shape index (κ1) is 25.1. The van der Waals surface area contributed by atoms with E-state index < -0.39 is 0 Å². The molecule has 1 unspecified atom stereocenters. The number of nitrogens with zero attached hydrogens (tertiary/aromatic N) is 4. The summed E-state index contributed by atoms with van der Waals surface area (Å²) in [7, 11) is 1.81. The van der Waals surface area contributed by atoms with E-state index in [4.69, 9.17) is 0 Å². The van der Waals surface area contributed by atoms with E-state index in [0.717, 1.165) is 76.5 Å². The third-order valence-corrected chi connectivity index (χ3v) is 7.20. The minimum Gasteiger partial charge on any atom is -0.508 e. The van der Waals surface area contributed by atoms with Gasteiger partial charge in [-0.15, -0.1) is 24.0 Å². The quantitative estimate of drug-likeness (QED) is 0.340. The van der Waals surface area contributed by atoms with Crippen LogP contribution in [0.1, 0.15) is 49.3 Å². The summed E-state index contributed by atoms with van der Waals surface area (Å²) in [4.78, 5) is 23.8. The summed E-state index contributed by atoms with van der Waals surface area (Å²) in [6.45, 7) is 7.86. The van der Waals surface area contributed by atoms with Crippen molar-refractivity contribution in [1.29, 1.82) is 0 Å². The van der Waals surface area contributed by atoms with Gasteiger partial charge in [-0.3, -0.25) is 14.7 Å². The Labute approximate surface area is 209 Å². The van der Waals surface area contributed by atoms with Crippen LogP contribution >= 0.6 is 24.0 Å². The molecule has 0 bridgehead atoms. The predicted molar refractivity (Wildman–Crippen MR) is 139 cm³/mol. The molecule has 0 spiro atoms. The maximum Gasteiger partial charge on any atom is 0.239 e. The zero-order valence-electron chi connectivity index (χ0n) is 19.5. The number of fused-ring (bicyclic) bond motifs is 1. The second kappa shape index (κ2) is 11.5. The zero-order valence-corrected chi connectivity index (χ0v) is 21.8. The van der Waals surface area contributed by atoms with Gasteiger partial charge >= 0.3 is 0 Å². The highest BCUT2D eigenvalue weighted by atomic mass is 127. The predicted octanol–water partition coefficient (Wildman–Crippen LogP) is 2.59. The maximum absolute atomic E-state index is 12.7. The van der Waals surface area contributed by atoms with E-state index in [1.54, 1.807) is 0 Å². The molecule has 1 aliphatic carbocycles. The van der Waals surface area contributed by atoms with Crippen molar-refractivity contribution in [1.82, 2.24) is 20.0 Å². The van der Waals surface area contributed by atoms with Gasteiger partial charge in [-0.1, -0.05) is 6.07 Å². The molecular weight excluding hydrogens is 517 g/mol. The van der Waals surface area contributed by atoms with Crippen molar-refractivity contribution in [2.75, 3.05) is 46.3 Å². The molecule has 3 aliphatic rings. The van der Waals surface area contributed by atoms with Crippen LogP contribution in [-0.4, -0.2) is 84.0 Å². The molecule has 1 aromatic rings. The Balaban J connectivity index is 0.00000289. The molecule has 32 heavy (non-hydrogen) atoms. The molecule has 0 saturated carbocycles. The highest BCUT2D eigenvalue weighted by Crippen LogP contribution is 2.30. The van der Waals surface area contributed by atoms with Crippen LogP contribution in [0.3, 0.4) is 0 Å². The second-order valence-corrected chi connectivity index (χ2v) is 9.04. The van der Waals surface area contributed by atoms with Crippen LogP contribution in [0.5, 0.6) is 5.75 Å².